The molecule has 0 unspecified atom stereocenters. The van der Waals surface area contributed by atoms with Crippen molar-refractivity contribution in [3.8, 4) is 11.5 Å². The number of fused-ring (bicyclic) bond motifs is 1. The van der Waals surface area contributed by atoms with Gasteiger partial charge in [0.25, 0.3) is 5.91 Å². The second kappa shape index (κ2) is 9.48. The Hall–Kier alpha value is -2.99. The fraction of sp³-hybridized carbons (Fsp3) is 0.300. The normalized spacial score (nSPS) is 14.1. The molecular weight excluding hydrogens is 487 g/mol. The lowest BCUT2D eigenvalue weighted by Crippen LogP contribution is -2.39. The number of rotatable bonds is 6. The van der Waals surface area contributed by atoms with Crippen molar-refractivity contribution in [3.63, 3.8) is 0 Å². The smallest absolute Gasteiger partial charge is 0.417 e. The van der Waals surface area contributed by atoms with Crippen molar-refractivity contribution in [3.05, 3.63) is 52.5 Å². The highest BCUT2D eigenvalue weighted by Gasteiger charge is 2.34. The maximum absolute atomic E-state index is 13.2. The predicted octanol–water partition coefficient (Wildman–Crippen LogP) is 3.44. The van der Waals surface area contributed by atoms with Crippen LogP contribution in [0.25, 0.3) is 0 Å². The number of nitrogens with one attached hydrogen (secondary N) is 1. The highest BCUT2D eigenvalue weighted by Crippen LogP contribution is 2.37. The summed E-state index contributed by atoms with van der Waals surface area (Å²) < 4.78 is 75.3. The van der Waals surface area contributed by atoms with Crippen molar-refractivity contribution in [1.29, 1.82) is 0 Å². The third-order valence-electron chi connectivity index (χ3n) is 4.54. The number of anilines is 1. The van der Waals surface area contributed by atoms with Crippen LogP contribution in [0.3, 0.4) is 0 Å². The first kappa shape index (κ1) is 24.6. The zero-order valence-corrected chi connectivity index (χ0v) is 19.0. The molecule has 0 aromatic heterocycles. The Bertz CT molecular complexity index is 1200. The van der Waals surface area contributed by atoms with Gasteiger partial charge in [-0.3, -0.25) is 9.10 Å². The number of hydrazone groups is 1. The van der Waals surface area contributed by atoms with Crippen LogP contribution in [0, 0.1) is 0 Å². The summed E-state index contributed by atoms with van der Waals surface area (Å²) in [5, 5.41) is 3.35. The SMILES string of the molecule is C/C(=N/NC(=O)CN(c1ccc(Cl)c(C(F)(F)F)c1)S(C)(=O)=O)c1ccc2c(c1)OCCO2. The lowest BCUT2D eigenvalue weighted by Gasteiger charge is -2.23. The van der Waals surface area contributed by atoms with E-state index in [1.165, 1.54) is 0 Å². The Kier molecular flexibility index (Phi) is 7.08. The molecule has 0 saturated heterocycles. The molecule has 0 aliphatic carbocycles. The van der Waals surface area contributed by atoms with Gasteiger partial charge in [-0.05, 0) is 43.3 Å². The van der Waals surface area contributed by atoms with E-state index in [1.54, 1.807) is 25.1 Å². The van der Waals surface area contributed by atoms with E-state index in [0.717, 1.165) is 18.4 Å². The molecule has 3 rings (SSSR count). The lowest BCUT2D eigenvalue weighted by atomic mass is 10.1. The van der Waals surface area contributed by atoms with Crippen molar-refractivity contribution in [1.82, 2.24) is 5.43 Å². The van der Waals surface area contributed by atoms with E-state index in [9.17, 15) is 26.4 Å². The molecular formula is C20H19ClF3N3O5S. The third kappa shape index (κ3) is 6.08. The van der Waals surface area contributed by atoms with Gasteiger partial charge in [0, 0.05) is 5.56 Å². The van der Waals surface area contributed by atoms with Crippen molar-refractivity contribution in [2.45, 2.75) is 13.1 Å². The van der Waals surface area contributed by atoms with Crippen LogP contribution in [0.1, 0.15) is 18.1 Å². The molecule has 0 spiro atoms. The van der Waals surface area contributed by atoms with Gasteiger partial charge in [0.2, 0.25) is 10.0 Å². The average molecular weight is 506 g/mol. The minimum Gasteiger partial charge on any atom is -0.486 e. The fourth-order valence-corrected chi connectivity index (χ4v) is 4.00. The molecule has 0 bridgehead atoms. The van der Waals surface area contributed by atoms with Crippen molar-refractivity contribution >= 4 is 38.9 Å². The van der Waals surface area contributed by atoms with E-state index in [-0.39, 0.29) is 5.69 Å². The molecule has 0 fully saturated rings. The van der Waals surface area contributed by atoms with Gasteiger partial charge in [-0.15, -0.1) is 0 Å². The summed E-state index contributed by atoms with van der Waals surface area (Å²) >= 11 is 5.59. The van der Waals surface area contributed by atoms with Crippen molar-refractivity contribution in [2.24, 2.45) is 5.10 Å². The molecule has 1 aliphatic heterocycles. The number of nitrogens with zero attached hydrogens (tertiary/aromatic N) is 2. The fourth-order valence-electron chi connectivity index (χ4n) is 2.93. The Morgan fingerprint density at radius 1 is 1.15 bits per heavy atom. The molecule has 0 saturated carbocycles. The van der Waals surface area contributed by atoms with Gasteiger partial charge in [-0.2, -0.15) is 18.3 Å². The van der Waals surface area contributed by atoms with E-state index in [4.69, 9.17) is 21.1 Å². The molecule has 8 nitrogen and oxygen atoms in total. The summed E-state index contributed by atoms with van der Waals surface area (Å²) in [6.07, 6.45) is -4.03. The van der Waals surface area contributed by atoms with Crippen molar-refractivity contribution in [2.75, 3.05) is 30.3 Å². The van der Waals surface area contributed by atoms with Crippen LogP contribution >= 0.6 is 11.6 Å². The van der Waals surface area contributed by atoms with Crippen LogP contribution in [-0.2, 0) is 21.0 Å². The minimum absolute atomic E-state index is 0.364. The summed E-state index contributed by atoms with van der Waals surface area (Å²) in [7, 11) is -4.11. The first-order valence-electron chi connectivity index (χ1n) is 9.44. The summed E-state index contributed by atoms with van der Waals surface area (Å²) in [5.74, 6) is 0.235. The van der Waals surface area contributed by atoms with Crippen LogP contribution < -0.4 is 19.2 Å². The largest absolute Gasteiger partial charge is 0.486 e. The van der Waals surface area contributed by atoms with Gasteiger partial charge in [0.15, 0.2) is 11.5 Å². The van der Waals surface area contributed by atoms with Crippen LogP contribution in [0.2, 0.25) is 5.02 Å². The maximum atomic E-state index is 13.2. The van der Waals surface area contributed by atoms with Crippen LogP contribution in [-0.4, -0.2) is 46.1 Å². The predicted molar refractivity (Wildman–Crippen MR) is 116 cm³/mol. The molecule has 1 N–H and O–H groups in total. The molecule has 0 atom stereocenters. The molecule has 33 heavy (non-hydrogen) atoms. The zero-order valence-electron chi connectivity index (χ0n) is 17.4. The molecule has 1 heterocycles. The highest BCUT2D eigenvalue weighted by atomic mass is 35.5. The topological polar surface area (TPSA) is 97.3 Å². The number of carbonyl (C=O) groups excluding carboxylic acids is 1. The van der Waals surface area contributed by atoms with Crippen LogP contribution in [0.15, 0.2) is 41.5 Å². The van der Waals surface area contributed by atoms with Gasteiger partial charge in [0.05, 0.1) is 28.2 Å². The molecule has 13 heteroatoms. The number of amides is 1. The summed E-state index contributed by atoms with van der Waals surface area (Å²) in [6.45, 7) is 1.64. The number of carbonyl (C=O) groups is 1. The number of hydrogen-bond acceptors (Lipinski definition) is 6. The van der Waals surface area contributed by atoms with Gasteiger partial charge < -0.3 is 9.47 Å². The second-order valence-corrected chi connectivity index (χ2v) is 9.34. The Morgan fingerprint density at radius 3 is 2.45 bits per heavy atom. The molecule has 1 aliphatic rings. The van der Waals surface area contributed by atoms with Gasteiger partial charge >= 0.3 is 6.18 Å². The molecule has 2 aromatic carbocycles. The monoisotopic (exact) mass is 505 g/mol. The van der Waals surface area contributed by atoms with Crippen molar-refractivity contribution < 1.29 is 35.9 Å². The maximum Gasteiger partial charge on any atom is 0.417 e. The van der Waals surface area contributed by atoms with Gasteiger partial charge in [-0.1, -0.05) is 11.6 Å². The molecule has 178 valence electrons. The Balaban J connectivity index is 1.78. The van der Waals surface area contributed by atoms with E-state index >= 15 is 0 Å². The number of benzene rings is 2. The molecule has 0 radical (unpaired) electrons. The number of alkyl halides is 3. The average Bonchev–Trinajstić information content (AvgIpc) is 2.74. The van der Waals surface area contributed by atoms with Gasteiger partial charge in [0.1, 0.15) is 19.8 Å². The summed E-state index contributed by atoms with van der Waals surface area (Å²) in [4.78, 5) is 12.4. The minimum atomic E-state index is -4.80. The Morgan fingerprint density at radius 2 is 1.82 bits per heavy atom. The zero-order chi connectivity index (χ0) is 24.4. The lowest BCUT2D eigenvalue weighted by molar-refractivity contribution is -0.137. The first-order valence-corrected chi connectivity index (χ1v) is 11.7. The molecule has 2 aromatic rings. The van der Waals surface area contributed by atoms with E-state index in [1.807, 2.05) is 0 Å². The summed E-state index contributed by atoms with van der Waals surface area (Å²) in [5.41, 5.74) is 1.63. The third-order valence-corrected chi connectivity index (χ3v) is 6.01. The standard InChI is InChI=1S/C20H19ClF3N3O5S/c1-12(13-3-6-17-18(9-13)32-8-7-31-17)25-26-19(28)11-27(33(2,29)30)14-4-5-16(21)15(10-14)20(22,23)24/h3-6,9-10H,7-8,11H2,1-2H3,(H,26,28)/b25-12-. The second-order valence-electron chi connectivity index (χ2n) is 7.02. The van der Waals surface area contributed by atoms with Crippen LogP contribution in [0.4, 0.5) is 18.9 Å². The number of hydrogen-bond donors (Lipinski definition) is 1. The van der Waals surface area contributed by atoms with E-state index in [2.05, 4.69) is 10.5 Å². The quantitative estimate of drug-likeness (QED) is 0.479. The van der Waals surface area contributed by atoms with Gasteiger partial charge in [-0.25, -0.2) is 13.8 Å². The number of sulfonamides is 1. The Labute approximate surface area is 193 Å². The number of halogens is 4. The van der Waals surface area contributed by atoms with Crippen LogP contribution in [0.5, 0.6) is 11.5 Å². The highest BCUT2D eigenvalue weighted by molar-refractivity contribution is 7.92. The number of ether oxygens (including phenoxy) is 2. The van der Waals surface area contributed by atoms with E-state index < -0.39 is 39.2 Å². The first-order chi connectivity index (χ1) is 15.4. The summed E-state index contributed by atoms with van der Waals surface area (Å²) in [6, 6.07) is 7.63. The molecule has 1 amide bonds. The van der Waals surface area contributed by atoms with E-state index in [0.29, 0.717) is 46.4 Å².